The van der Waals surface area contributed by atoms with Crippen molar-refractivity contribution in [2.75, 3.05) is 0 Å². The molecule has 0 heterocycles. The van der Waals surface area contributed by atoms with E-state index in [9.17, 15) is 0 Å². The predicted octanol–water partition coefficient (Wildman–Crippen LogP) is 4.62. The highest BCUT2D eigenvalue weighted by molar-refractivity contribution is 9.10. The maximum absolute atomic E-state index is 6.02. The van der Waals surface area contributed by atoms with Crippen molar-refractivity contribution in [1.82, 2.24) is 0 Å². The van der Waals surface area contributed by atoms with E-state index in [1.165, 1.54) is 36.0 Å². The number of rotatable bonds is 4. The summed E-state index contributed by atoms with van der Waals surface area (Å²) in [5.74, 6) is 1.76. The fourth-order valence-electron chi connectivity index (χ4n) is 2.86. The molecule has 3 heteroatoms. The van der Waals surface area contributed by atoms with Gasteiger partial charge in [0, 0.05) is 6.04 Å². The quantitative estimate of drug-likeness (QED) is 0.877. The van der Waals surface area contributed by atoms with Crippen molar-refractivity contribution >= 4 is 15.9 Å². The second-order valence-corrected chi connectivity index (χ2v) is 6.69. The topological polar surface area (TPSA) is 35.2 Å². The van der Waals surface area contributed by atoms with E-state index < -0.39 is 0 Å². The van der Waals surface area contributed by atoms with Gasteiger partial charge in [0.25, 0.3) is 0 Å². The van der Waals surface area contributed by atoms with E-state index in [1.54, 1.807) is 0 Å². The van der Waals surface area contributed by atoms with Crippen LogP contribution in [0.2, 0.25) is 0 Å². The number of halogens is 1. The van der Waals surface area contributed by atoms with Gasteiger partial charge in [-0.25, -0.2) is 0 Å². The molecule has 0 spiro atoms. The van der Waals surface area contributed by atoms with Crippen LogP contribution in [-0.4, -0.2) is 6.04 Å². The van der Waals surface area contributed by atoms with E-state index in [0.29, 0.717) is 0 Å². The van der Waals surface area contributed by atoms with Crippen molar-refractivity contribution < 1.29 is 4.74 Å². The highest BCUT2D eigenvalue weighted by Crippen LogP contribution is 2.33. The van der Waals surface area contributed by atoms with Gasteiger partial charge >= 0.3 is 0 Å². The summed E-state index contributed by atoms with van der Waals surface area (Å²) < 4.78 is 6.99. The molecule has 1 aliphatic carbocycles. The van der Waals surface area contributed by atoms with Gasteiger partial charge in [-0.3, -0.25) is 0 Å². The number of hydrogen-bond donors (Lipinski definition) is 1. The molecular formula is C18H20BrNO. The minimum absolute atomic E-state index is 0.167. The van der Waals surface area contributed by atoms with E-state index >= 15 is 0 Å². The van der Waals surface area contributed by atoms with Gasteiger partial charge in [0.1, 0.15) is 11.5 Å². The van der Waals surface area contributed by atoms with Gasteiger partial charge in [0.05, 0.1) is 4.47 Å². The number of benzene rings is 2. The third-order valence-electron chi connectivity index (χ3n) is 3.85. The lowest BCUT2D eigenvalue weighted by molar-refractivity contribution is 0.478. The van der Waals surface area contributed by atoms with Gasteiger partial charge in [0.15, 0.2) is 0 Å². The van der Waals surface area contributed by atoms with E-state index in [-0.39, 0.29) is 6.04 Å². The summed E-state index contributed by atoms with van der Waals surface area (Å²) in [5.41, 5.74) is 9.96. The zero-order valence-corrected chi connectivity index (χ0v) is 13.8. The Morgan fingerprint density at radius 1 is 1.14 bits per heavy atom. The molecule has 0 saturated heterocycles. The minimum Gasteiger partial charge on any atom is -0.456 e. The highest BCUT2D eigenvalue weighted by atomic mass is 79.9. The maximum atomic E-state index is 6.02. The first kappa shape index (κ1) is 14.6. The fourth-order valence-corrected chi connectivity index (χ4v) is 3.37. The van der Waals surface area contributed by atoms with Gasteiger partial charge in [-0.05, 0) is 89.5 Å². The molecule has 2 nitrogen and oxygen atoms in total. The van der Waals surface area contributed by atoms with Crippen molar-refractivity contribution in [2.24, 2.45) is 5.73 Å². The number of nitrogens with two attached hydrogens (primary N) is 1. The van der Waals surface area contributed by atoms with Crippen molar-refractivity contribution in [2.45, 2.75) is 38.6 Å². The SMILES string of the molecule is CC(N)Cc1ccc(Oc2ccc3c(c2)CCC3)c(Br)c1. The molecule has 21 heavy (non-hydrogen) atoms. The second kappa shape index (κ2) is 6.20. The molecule has 2 aromatic carbocycles. The van der Waals surface area contributed by atoms with Crippen LogP contribution in [0, 0.1) is 0 Å². The molecule has 1 aliphatic rings. The van der Waals surface area contributed by atoms with E-state index in [2.05, 4.69) is 46.3 Å². The Kier molecular flexibility index (Phi) is 4.32. The molecule has 0 bridgehead atoms. The van der Waals surface area contributed by atoms with Crippen LogP contribution in [0.3, 0.4) is 0 Å². The van der Waals surface area contributed by atoms with Gasteiger partial charge in [-0.2, -0.15) is 0 Å². The molecule has 0 amide bonds. The Bertz CT molecular complexity index is 652. The van der Waals surface area contributed by atoms with Crippen molar-refractivity contribution in [3.8, 4) is 11.5 Å². The largest absolute Gasteiger partial charge is 0.456 e. The standard InChI is InChI=1S/C18H20BrNO/c1-12(20)9-13-5-8-18(17(19)10-13)21-16-7-6-14-3-2-4-15(14)11-16/h5-8,10-12H,2-4,9,20H2,1H3. The normalized spacial score (nSPS) is 14.8. The van der Waals surface area contributed by atoms with Gasteiger partial charge in [-0.15, -0.1) is 0 Å². The van der Waals surface area contributed by atoms with Crippen LogP contribution in [0.25, 0.3) is 0 Å². The number of hydrogen-bond acceptors (Lipinski definition) is 2. The van der Waals surface area contributed by atoms with Crippen molar-refractivity contribution in [1.29, 1.82) is 0 Å². The summed E-state index contributed by atoms with van der Waals surface area (Å²) in [6.45, 7) is 2.02. The Morgan fingerprint density at radius 2 is 1.95 bits per heavy atom. The predicted molar refractivity (Wildman–Crippen MR) is 90.0 cm³/mol. The van der Waals surface area contributed by atoms with Crippen LogP contribution in [0.1, 0.15) is 30.0 Å². The first-order chi connectivity index (χ1) is 10.1. The fraction of sp³-hybridized carbons (Fsp3) is 0.333. The highest BCUT2D eigenvalue weighted by Gasteiger charge is 2.12. The Labute approximate surface area is 134 Å². The monoisotopic (exact) mass is 345 g/mol. The molecule has 3 rings (SSSR count). The van der Waals surface area contributed by atoms with Crippen LogP contribution in [0.15, 0.2) is 40.9 Å². The smallest absolute Gasteiger partial charge is 0.141 e. The third kappa shape index (κ3) is 3.47. The lowest BCUT2D eigenvalue weighted by Crippen LogP contribution is -2.17. The third-order valence-corrected chi connectivity index (χ3v) is 4.47. The number of aryl methyl sites for hydroxylation is 2. The molecule has 0 fully saturated rings. The van der Waals surface area contributed by atoms with Crippen LogP contribution in [0.4, 0.5) is 0 Å². The van der Waals surface area contributed by atoms with Crippen LogP contribution in [-0.2, 0) is 19.3 Å². The zero-order valence-electron chi connectivity index (χ0n) is 12.2. The lowest BCUT2D eigenvalue weighted by Gasteiger charge is -2.11. The summed E-state index contributed by atoms with van der Waals surface area (Å²) in [6.07, 6.45) is 4.50. The average Bonchev–Trinajstić information content (AvgIpc) is 2.88. The van der Waals surface area contributed by atoms with E-state index in [0.717, 1.165) is 22.4 Å². The molecule has 0 aliphatic heterocycles. The first-order valence-electron chi connectivity index (χ1n) is 7.45. The second-order valence-electron chi connectivity index (χ2n) is 5.83. The summed E-state index contributed by atoms with van der Waals surface area (Å²) >= 11 is 3.59. The van der Waals surface area contributed by atoms with Gasteiger partial charge in [0.2, 0.25) is 0 Å². The Morgan fingerprint density at radius 3 is 2.71 bits per heavy atom. The van der Waals surface area contributed by atoms with Crippen molar-refractivity contribution in [3.05, 3.63) is 57.6 Å². The summed E-state index contributed by atoms with van der Waals surface area (Å²) in [6, 6.07) is 12.8. The molecule has 0 saturated carbocycles. The molecule has 110 valence electrons. The number of ether oxygens (including phenoxy) is 1. The summed E-state index contributed by atoms with van der Waals surface area (Å²) in [5, 5.41) is 0. The van der Waals surface area contributed by atoms with Gasteiger partial charge in [-0.1, -0.05) is 12.1 Å². The molecule has 2 aromatic rings. The Hall–Kier alpha value is -1.32. The van der Waals surface area contributed by atoms with Crippen LogP contribution in [0.5, 0.6) is 11.5 Å². The molecule has 1 atom stereocenters. The van der Waals surface area contributed by atoms with Crippen molar-refractivity contribution in [3.63, 3.8) is 0 Å². The molecule has 2 N–H and O–H groups in total. The first-order valence-corrected chi connectivity index (χ1v) is 8.25. The molecular weight excluding hydrogens is 326 g/mol. The molecule has 0 radical (unpaired) electrons. The minimum atomic E-state index is 0.167. The number of fused-ring (bicyclic) bond motifs is 1. The van der Waals surface area contributed by atoms with E-state index in [1.807, 2.05) is 13.0 Å². The zero-order chi connectivity index (χ0) is 14.8. The van der Waals surface area contributed by atoms with Gasteiger partial charge < -0.3 is 10.5 Å². The Balaban J connectivity index is 1.78. The molecule has 1 unspecified atom stereocenters. The average molecular weight is 346 g/mol. The van der Waals surface area contributed by atoms with Crippen LogP contribution >= 0.6 is 15.9 Å². The molecule has 0 aromatic heterocycles. The lowest BCUT2D eigenvalue weighted by atomic mass is 10.1. The van der Waals surface area contributed by atoms with Crippen LogP contribution < -0.4 is 10.5 Å². The maximum Gasteiger partial charge on any atom is 0.141 e. The summed E-state index contributed by atoms with van der Waals surface area (Å²) in [7, 11) is 0. The van der Waals surface area contributed by atoms with E-state index in [4.69, 9.17) is 10.5 Å². The summed E-state index contributed by atoms with van der Waals surface area (Å²) in [4.78, 5) is 0.